The Morgan fingerprint density at radius 1 is 1.18 bits per heavy atom. The van der Waals surface area contributed by atoms with E-state index in [0.29, 0.717) is 31.5 Å². The number of phenols is 1. The van der Waals surface area contributed by atoms with Crippen LogP contribution in [-0.4, -0.2) is 53.7 Å². The first kappa shape index (κ1) is 28.5. The Balaban J connectivity index is 2.00. The van der Waals surface area contributed by atoms with E-state index in [1.807, 2.05) is 0 Å². The quantitative estimate of drug-likeness (QED) is 0.230. The molecule has 9 nitrogen and oxygen atoms in total. The molecule has 1 amide bonds. The highest BCUT2D eigenvalue weighted by Gasteiger charge is 2.40. The van der Waals surface area contributed by atoms with Crippen molar-refractivity contribution < 1.29 is 37.7 Å². The van der Waals surface area contributed by atoms with Gasteiger partial charge in [0.05, 0.1) is 12.1 Å². The van der Waals surface area contributed by atoms with Gasteiger partial charge in [0.2, 0.25) is 5.91 Å². The number of aliphatic carboxylic acids is 1. The number of benzene rings is 2. The Morgan fingerprint density at radius 3 is 2.53 bits per heavy atom. The smallest absolute Gasteiger partial charge is 0.421 e. The zero-order chi connectivity index (χ0) is 27.9. The van der Waals surface area contributed by atoms with Gasteiger partial charge in [0.15, 0.2) is 0 Å². The van der Waals surface area contributed by atoms with Crippen molar-refractivity contribution in [3.63, 3.8) is 0 Å². The van der Waals surface area contributed by atoms with Crippen molar-refractivity contribution in [3.05, 3.63) is 59.2 Å². The summed E-state index contributed by atoms with van der Waals surface area (Å²) >= 11 is 0. The van der Waals surface area contributed by atoms with Crippen LogP contribution in [-0.2, 0) is 15.8 Å². The molecule has 38 heavy (non-hydrogen) atoms. The first-order chi connectivity index (χ1) is 18.0. The van der Waals surface area contributed by atoms with Crippen LogP contribution in [0, 0.1) is 5.41 Å². The number of amidine groups is 1. The van der Waals surface area contributed by atoms with E-state index in [4.69, 9.17) is 21.0 Å². The molecule has 0 atom stereocenters. The number of carbonyl (C=O) groups is 2. The lowest BCUT2D eigenvalue weighted by atomic mass is 10.1. The van der Waals surface area contributed by atoms with Gasteiger partial charge in [-0.15, -0.1) is 0 Å². The molecule has 0 aliphatic carbocycles. The molecule has 1 fully saturated rings. The molecule has 0 radical (unpaired) electrons. The Bertz CT molecular complexity index is 1210. The number of hydrogen-bond donors (Lipinski definition) is 5. The summed E-state index contributed by atoms with van der Waals surface area (Å²) in [6.45, 7) is 0.851. The molecule has 0 aromatic heterocycles. The lowest BCUT2D eigenvalue weighted by molar-refractivity contribution is -0.140. The topological polar surface area (TPSA) is 149 Å². The molecule has 0 saturated carbocycles. The third-order valence-corrected chi connectivity index (χ3v) is 5.94. The van der Waals surface area contributed by atoms with Crippen molar-refractivity contribution in [1.82, 2.24) is 5.32 Å². The number of nitrogens with two attached hydrogens (primary N) is 1. The van der Waals surface area contributed by atoms with Crippen molar-refractivity contribution in [2.75, 3.05) is 24.5 Å². The van der Waals surface area contributed by atoms with E-state index < -0.39 is 54.0 Å². The van der Waals surface area contributed by atoms with Gasteiger partial charge in [-0.25, -0.2) is 0 Å². The van der Waals surface area contributed by atoms with Crippen molar-refractivity contribution in [1.29, 1.82) is 5.41 Å². The maximum atomic E-state index is 14.4. The first-order valence-corrected chi connectivity index (χ1v) is 11.9. The number of carboxylic acids is 1. The highest BCUT2D eigenvalue weighted by Crippen LogP contribution is 2.43. The van der Waals surface area contributed by atoms with Gasteiger partial charge in [0, 0.05) is 24.1 Å². The standard InChI is InChI=1S/C26H29F3N4O5/c27-26(28,29)24-19(4-1-5-21(24)38-18-10-12-32-13-11-18)33(22(35)8-9-23(36)37)14-2-3-16-15-17(25(30)31)6-7-20(16)34/h1-7,15,18,32,34H,8-14H2,(H3,30,31)(H,36,37)/b3-2+. The number of aromatic hydroxyl groups is 1. The van der Waals surface area contributed by atoms with Crippen LogP contribution < -0.4 is 20.7 Å². The van der Waals surface area contributed by atoms with Crippen LogP contribution in [0.4, 0.5) is 18.9 Å². The number of carboxylic acid groups (broad SMARTS) is 1. The summed E-state index contributed by atoms with van der Waals surface area (Å²) in [5, 5.41) is 29.8. The van der Waals surface area contributed by atoms with E-state index in [0.717, 1.165) is 11.0 Å². The monoisotopic (exact) mass is 534 g/mol. The summed E-state index contributed by atoms with van der Waals surface area (Å²) in [5.41, 5.74) is 4.43. The number of hydrogen-bond acceptors (Lipinski definition) is 6. The fourth-order valence-corrected chi connectivity index (χ4v) is 4.04. The molecular weight excluding hydrogens is 505 g/mol. The predicted molar refractivity (Wildman–Crippen MR) is 135 cm³/mol. The van der Waals surface area contributed by atoms with Gasteiger partial charge in [-0.2, -0.15) is 13.2 Å². The zero-order valence-corrected chi connectivity index (χ0v) is 20.4. The lowest BCUT2D eigenvalue weighted by Crippen LogP contribution is -2.35. The number of carbonyl (C=O) groups excluding carboxylic acids is 1. The number of halogens is 3. The molecule has 1 saturated heterocycles. The molecule has 2 aromatic rings. The number of nitrogen functional groups attached to an aromatic ring is 1. The number of piperidine rings is 1. The number of amides is 1. The summed E-state index contributed by atoms with van der Waals surface area (Å²) in [6, 6.07) is 7.85. The van der Waals surface area contributed by atoms with E-state index >= 15 is 0 Å². The maximum absolute atomic E-state index is 14.4. The number of alkyl halides is 3. The molecule has 2 aromatic carbocycles. The van der Waals surface area contributed by atoms with Gasteiger partial charge in [0.1, 0.15) is 29.0 Å². The normalized spacial score (nSPS) is 14.4. The highest BCUT2D eigenvalue weighted by molar-refractivity contribution is 5.97. The van der Waals surface area contributed by atoms with Gasteiger partial charge in [0.25, 0.3) is 0 Å². The molecule has 1 aliphatic rings. The average molecular weight is 535 g/mol. The Labute approximate surface area is 217 Å². The summed E-state index contributed by atoms with van der Waals surface area (Å²) in [5.74, 6) is -2.91. The van der Waals surface area contributed by atoms with Gasteiger partial charge in [-0.1, -0.05) is 18.2 Å². The second-order valence-corrected chi connectivity index (χ2v) is 8.70. The van der Waals surface area contributed by atoms with Crippen molar-refractivity contribution in [3.8, 4) is 11.5 Å². The summed E-state index contributed by atoms with van der Waals surface area (Å²) in [6.07, 6.45) is -2.61. The third kappa shape index (κ3) is 7.48. The van der Waals surface area contributed by atoms with E-state index in [1.165, 1.54) is 42.5 Å². The fourth-order valence-electron chi connectivity index (χ4n) is 4.04. The van der Waals surface area contributed by atoms with Crippen molar-refractivity contribution in [2.45, 2.75) is 38.0 Å². The maximum Gasteiger partial charge on any atom is 0.421 e. The summed E-state index contributed by atoms with van der Waals surface area (Å²) < 4.78 is 48.8. The number of phenolic OH excluding ortho intramolecular Hbond substituents is 1. The SMILES string of the molecule is N=C(N)c1ccc(O)c(/C=C/CN(C(=O)CCC(=O)O)c2cccc(OC3CCNCC3)c2C(F)(F)F)c1. The molecule has 0 bridgehead atoms. The Morgan fingerprint density at radius 2 is 1.89 bits per heavy atom. The van der Waals surface area contributed by atoms with Crippen molar-refractivity contribution in [2.24, 2.45) is 5.73 Å². The summed E-state index contributed by atoms with van der Waals surface area (Å²) in [7, 11) is 0. The minimum atomic E-state index is -4.87. The first-order valence-electron chi connectivity index (χ1n) is 11.9. The lowest BCUT2D eigenvalue weighted by Gasteiger charge is -2.29. The number of rotatable bonds is 10. The number of ether oxygens (including phenoxy) is 1. The van der Waals surface area contributed by atoms with Crippen LogP contribution in [0.5, 0.6) is 11.5 Å². The second kappa shape index (κ2) is 12.5. The van der Waals surface area contributed by atoms with Crippen LogP contribution >= 0.6 is 0 Å². The molecule has 3 rings (SSSR count). The van der Waals surface area contributed by atoms with E-state index in [9.17, 15) is 27.9 Å². The molecule has 0 unspecified atom stereocenters. The molecule has 1 aliphatic heterocycles. The van der Waals surface area contributed by atoms with Crippen LogP contribution in [0.2, 0.25) is 0 Å². The highest BCUT2D eigenvalue weighted by atomic mass is 19.4. The minimum Gasteiger partial charge on any atom is -0.507 e. The number of nitrogens with zero attached hydrogens (tertiary/aromatic N) is 1. The average Bonchev–Trinajstić information content (AvgIpc) is 2.86. The molecule has 204 valence electrons. The summed E-state index contributed by atoms with van der Waals surface area (Å²) in [4.78, 5) is 24.9. The van der Waals surface area contributed by atoms with Gasteiger partial charge < -0.3 is 30.9 Å². The van der Waals surface area contributed by atoms with Crippen molar-refractivity contribution >= 4 is 29.5 Å². The number of nitrogens with one attached hydrogen (secondary N) is 2. The van der Waals surface area contributed by atoms with Gasteiger partial charge >= 0.3 is 12.1 Å². The van der Waals surface area contributed by atoms with Crippen LogP contribution in [0.25, 0.3) is 6.08 Å². The Kier molecular flexibility index (Phi) is 9.35. The van der Waals surface area contributed by atoms with Gasteiger partial charge in [-0.05, 0) is 56.3 Å². The fraction of sp³-hybridized carbons (Fsp3) is 0.346. The second-order valence-electron chi connectivity index (χ2n) is 8.70. The predicted octanol–water partition coefficient (Wildman–Crippen LogP) is 3.74. The van der Waals surface area contributed by atoms with E-state index in [1.54, 1.807) is 0 Å². The van der Waals surface area contributed by atoms with Gasteiger partial charge in [-0.3, -0.25) is 15.0 Å². The molecule has 12 heteroatoms. The molecule has 6 N–H and O–H groups in total. The Hall–Kier alpha value is -4.06. The zero-order valence-electron chi connectivity index (χ0n) is 20.4. The van der Waals surface area contributed by atoms with E-state index in [2.05, 4.69) is 5.32 Å². The van der Waals surface area contributed by atoms with Crippen LogP contribution in [0.3, 0.4) is 0 Å². The number of anilines is 1. The largest absolute Gasteiger partial charge is 0.507 e. The molecule has 1 heterocycles. The third-order valence-electron chi connectivity index (χ3n) is 5.94. The minimum absolute atomic E-state index is 0.164. The van der Waals surface area contributed by atoms with Crippen LogP contribution in [0.1, 0.15) is 42.4 Å². The molecule has 0 spiro atoms. The molecular formula is C26H29F3N4O5. The van der Waals surface area contributed by atoms with Crippen LogP contribution in [0.15, 0.2) is 42.5 Å². The van der Waals surface area contributed by atoms with E-state index in [-0.39, 0.29) is 23.7 Å².